The summed E-state index contributed by atoms with van der Waals surface area (Å²) in [5, 5.41) is 1.92. The van der Waals surface area contributed by atoms with Crippen molar-refractivity contribution >= 4 is 16.6 Å². The van der Waals surface area contributed by atoms with E-state index in [1.165, 1.54) is 0 Å². The molecule has 0 saturated heterocycles. The fraction of sp³-hybridized carbons (Fsp3) is 0.100. The molecule has 14 heavy (non-hydrogen) atoms. The third kappa shape index (κ3) is 0.907. The minimum absolute atomic E-state index is 0.277. The fourth-order valence-corrected chi connectivity index (χ4v) is 1.58. The summed E-state index contributed by atoms with van der Waals surface area (Å²) < 4.78 is 10.5. The molecule has 0 radical (unpaired) electrons. The molecule has 70 valence electrons. The van der Waals surface area contributed by atoms with E-state index in [4.69, 9.17) is 15.2 Å². The highest BCUT2D eigenvalue weighted by Crippen LogP contribution is 2.36. The molecule has 3 rings (SSSR count). The number of benzene rings is 1. The minimum atomic E-state index is 0.277. The highest BCUT2D eigenvalue weighted by molar-refractivity contribution is 5.93. The molecule has 0 saturated carbocycles. The fourth-order valence-electron chi connectivity index (χ4n) is 1.58. The summed E-state index contributed by atoms with van der Waals surface area (Å²) in [5.41, 5.74) is 5.74. The Morgan fingerprint density at radius 3 is 2.86 bits per heavy atom. The molecule has 1 aliphatic heterocycles. The van der Waals surface area contributed by atoms with E-state index in [1.807, 2.05) is 18.2 Å². The van der Waals surface area contributed by atoms with Crippen LogP contribution in [0.1, 0.15) is 0 Å². The number of nitrogen functional groups attached to an aromatic ring is 1. The van der Waals surface area contributed by atoms with Crippen LogP contribution in [-0.2, 0) is 0 Å². The summed E-state index contributed by atoms with van der Waals surface area (Å²) >= 11 is 0. The van der Waals surface area contributed by atoms with E-state index in [-0.39, 0.29) is 6.79 Å². The Labute approximate surface area is 80.3 Å². The molecule has 4 heteroatoms. The average Bonchev–Trinajstić information content (AvgIpc) is 2.62. The SMILES string of the molecule is Nc1nccc2cc3c(cc12)OCO3. The highest BCUT2D eigenvalue weighted by atomic mass is 16.7. The Balaban J connectivity index is 2.39. The zero-order valence-electron chi connectivity index (χ0n) is 7.36. The number of nitrogens with zero attached hydrogens (tertiary/aromatic N) is 1. The van der Waals surface area contributed by atoms with Crippen LogP contribution in [0.15, 0.2) is 24.4 Å². The maximum Gasteiger partial charge on any atom is 0.231 e. The maximum atomic E-state index is 5.74. The van der Waals surface area contributed by atoms with E-state index in [0.717, 1.165) is 22.3 Å². The number of rotatable bonds is 0. The third-order valence-electron chi connectivity index (χ3n) is 2.29. The lowest BCUT2D eigenvalue weighted by Crippen LogP contribution is -1.92. The number of pyridine rings is 1. The predicted molar refractivity (Wildman–Crippen MR) is 52.3 cm³/mol. The van der Waals surface area contributed by atoms with Crippen LogP contribution in [0, 0.1) is 0 Å². The molecule has 0 aliphatic carbocycles. The molecule has 2 aromatic rings. The Bertz CT molecular complexity index is 511. The monoisotopic (exact) mass is 188 g/mol. The first-order valence-corrected chi connectivity index (χ1v) is 4.28. The average molecular weight is 188 g/mol. The van der Waals surface area contributed by atoms with Crippen molar-refractivity contribution in [1.82, 2.24) is 4.98 Å². The van der Waals surface area contributed by atoms with Gasteiger partial charge in [-0.1, -0.05) is 0 Å². The molecule has 0 unspecified atom stereocenters. The quantitative estimate of drug-likeness (QED) is 0.681. The Morgan fingerprint density at radius 2 is 2.00 bits per heavy atom. The van der Waals surface area contributed by atoms with E-state index >= 15 is 0 Å². The number of fused-ring (bicyclic) bond motifs is 2. The van der Waals surface area contributed by atoms with Gasteiger partial charge in [-0.3, -0.25) is 0 Å². The van der Waals surface area contributed by atoms with Crippen molar-refractivity contribution in [3.63, 3.8) is 0 Å². The molecular formula is C10H8N2O2. The number of anilines is 1. The Morgan fingerprint density at radius 1 is 1.21 bits per heavy atom. The second-order valence-corrected chi connectivity index (χ2v) is 3.12. The van der Waals surface area contributed by atoms with Gasteiger partial charge in [0.15, 0.2) is 11.5 Å². The normalized spacial score (nSPS) is 13.4. The van der Waals surface area contributed by atoms with Gasteiger partial charge in [-0.25, -0.2) is 4.98 Å². The van der Waals surface area contributed by atoms with E-state index in [1.54, 1.807) is 6.20 Å². The third-order valence-corrected chi connectivity index (χ3v) is 2.29. The van der Waals surface area contributed by atoms with Crippen LogP contribution in [0.25, 0.3) is 10.8 Å². The molecule has 0 amide bonds. The molecule has 1 aliphatic rings. The van der Waals surface area contributed by atoms with Crippen molar-refractivity contribution in [2.45, 2.75) is 0 Å². The van der Waals surface area contributed by atoms with Crippen LogP contribution in [0.3, 0.4) is 0 Å². The van der Waals surface area contributed by atoms with E-state index < -0.39 is 0 Å². The van der Waals surface area contributed by atoms with Crippen LogP contribution < -0.4 is 15.2 Å². The molecule has 0 spiro atoms. The van der Waals surface area contributed by atoms with Crippen LogP contribution in [-0.4, -0.2) is 11.8 Å². The number of ether oxygens (including phenoxy) is 2. The van der Waals surface area contributed by atoms with Crippen LogP contribution in [0.4, 0.5) is 5.82 Å². The molecule has 0 atom stereocenters. The molecule has 4 nitrogen and oxygen atoms in total. The predicted octanol–water partition coefficient (Wildman–Crippen LogP) is 1.55. The van der Waals surface area contributed by atoms with E-state index in [0.29, 0.717) is 5.82 Å². The smallest absolute Gasteiger partial charge is 0.231 e. The Kier molecular flexibility index (Phi) is 1.33. The van der Waals surface area contributed by atoms with Crippen molar-refractivity contribution in [3.05, 3.63) is 24.4 Å². The minimum Gasteiger partial charge on any atom is -0.454 e. The summed E-state index contributed by atoms with van der Waals surface area (Å²) in [4.78, 5) is 4.01. The second-order valence-electron chi connectivity index (χ2n) is 3.12. The van der Waals surface area contributed by atoms with Crippen molar-refractivity contribution in [1.29, 1.82) is 0 Å². The molecule has 1 aromatic carbocycles. The molecule has 0 bridgehead atoms. The van der Waals surface area contributed by atoms with Crippen molar-refractivity contribution in [2.75, 3.05) is 12.5 Å². The lowest BCUT2D eigenvalue weighted by atomic mass is 10.1. The van der Waals surface area contributed by atoms with Crippen LogP contribution in [0.2, 0.25) is 0 Å². The largest absolute Gasteiger partial charge is 0.454 e. The maximum absolute atomic E-state index is 5.74. The number of aromatic nitrogens is 1. The van der Waals surface area contributed by atoms with Gasteiger partial charge < -0.3 is 15.2 Å². The summed E-state index contributed by atoms with van der Waals surface area (Å²) in [6.07, 6.45) is 1.68. The van der Waals surface area contributed by atoms with Crippen molar-refractivity contribution in [2.24, 2.45) is 0 Å². The summed E-state index contributed by atoms with van der Waals surface area (Å²) in [6, 6.07) is 5.67. The first kappa shape index (κ1) is 7.44. The molecular weight excluding hydrogens is 180 g/mol. The lowest BCUT2D eigenvalue weighted by Gasteiger charge is -2.02. The first-order valence-electron chi connectivity index (χ1n) is 4.28. The molecule has 2 heterocycles. The number of nitrogens with two attached hydrogens (primary N) is 1. The Hall–Kier alpha value is -1.97. The zero-order valence-corrected chi connectivity index (χ0v) is 7.36. The van der Waals surface area contributed by atoms with Gasteiger partial charge in [-0.2, -0.15) is 0 Å². The van der Waals surface area contributed by atoms with Gasteiger partial charge in [0.25, 0.3) is 0 Å². The zero-order chi connectivity index (χ0) is 9.54. The summed E-state index contributed by atoms with van der Waals surface area (Å²) in [5.74, 6) is 2.01. The second kappa shape index (κ2) is 2.51. The van der Waals surface area contributed by atoms with Crippen molar-refractivity contribution < 1.29 is 9.47 Å². The van der Waals surface area contributed by atoms with Crippen molar-refractivity contribution in [3.8, 4) is 11.5 Å². The van der Waals surface area contributed by atoms with Gasteiger partial charge in [-0.15, -0.1) is 0 Å². The highest BCUT2D eigenvalue weighted by Gasteiger charge is 2.14. The molecule has 2 N–H and O–H groups in total. The van der Waals surface area contributed by atoms with Gasteiger partial charge in [0.1, 0.15) is 5.82 Å². The number of hydrogen-bond acceptors (Lipinski definition) is 4. The summed E-state index contributed by atoms with van der Waals surface area (Å²) in [7, 11) is 0. The standard InChI is InChI=1S/C10H8N2O2/c11-10-7-4-9-8(13-5-14-9)3-6(7)1-2-12-10/h1-4H,5H2,(H2,11,12). The van der Waals surface area contributed by atoms with E-state index in [9.17, 15) is 0 Å². The summed E-state index contributed by atoms with van der Waals surface area (Å²) in [6.45, 7) is 0.277. The van der Waals surface area contributed by atoms with E-state index in [2.05, 4.69) is 4.98 Å². The topological polar surface area (TPSA) is 57.4 Å². The van der Waals surface area contributed by atoms with Gasteiger partial charge in [0.2, 0.25) is 6.79 Å². The van der Waals surface area contributed by atoms with Gasteiger partial charge in [-0.05, 0) is 23.6 Å². The number of hydrogen-bond donors (Lipinski definition) is 1. The molecule has 0 fully saturated rings. The van der Waals surface area contributed by atoms with Crippen LogP contribution in [0.5, 0.6) is 11.5 Å². The van der Waals surface area contributed by atoms with Crippen LogP contribution >= 0.6 is 0 Å². The first-order chi connectivity index (χ1) is 6.84. The van der Waals surface area contributed by atoms with Gasteiger partial charge in [0, 0.05) is 11.6 Å². The molecule has 1 aromatic heterocycles. The van der Waals surface area contributed by atoms with Gasteiger partial charge >= 0.3 is 0 Å². The van der Waals surface area contributed by atoms with Gasteiger partial charge in [0.05, 0.1) is 0 Å². The lowest BCUT2D eigenvalue weighted by molar-refractivity contribution is 0.174.